The lowest BCUT2D eigenvalue weighted by Crippen LogP contribution is -2.66. The van der Waals surface area contributed by atoms with Gasteiger partial charge in [0.1, 0.15) is 0 Å². The second-order valence-electron chi connectivity index (χ2n) is 11.4. The van der Waals surface area contributed by atoms with Gasteiger partial charge in [0.25, 0.3) is 0 Å². The highest BCUT2D eigenvalue weighted by Crippen LogP contribution is 2.66. The second kappa shape index (κ2) is 7.46. The van der Waals surface area contributed by atoms with Crippen molar-refractivity contribution in [2.75, 3.05) is 38.1 Å². The van der Waals surface area contributed by atoms with Crippen molar-refractivity contribution in [3.05, 3.63) is 29.8 Å². The van der Waals surface area contributed by atoms with Crippen LogP contribution in [0.2, 0.25) is 0 Å². The minimum absolute atomic E-state index is 0.0603. The van der Waals surface area contributed by atoms with Gasteiger partial charge in [0.2, 0.25) is 0 Å². The number of rotatable bonds is 5. The van der Waals surface area contributed by atoms with E-state index in [1.807, 2.05) is 0 Å². The molecule has 1 aromatic carbocycles. The Balaban J connectivity index is 1.38. The van der Waals surface area contributed by atoms with E-state index in [0.29, 0.717) is 35.9 Å². The van der Waals surface area contributed by atoms with Gasteiger partial charge in [0, 0.05) is 49.2 Å². The average molecular weight is 424 g/mol. The molecule has 4 aliphatic heterocycles. The van der Waals surface area contributed by atoms with Gasteiger partial charge in [-0.3, -0.25) is 4.90 Å². The molecule has 8 atom stereocenters. The summed E-state index contributed by atoms with van der Waals surface area (Å²) in [6, 6.07) is 10.5. The Morgan fingerprint density at radius 3 is 2.65 bits per heavy atom. The van der Waals surface area contributed by atoms with Gasteiger partial charge in [-0.1, -0.05) is 44.9 Å². The van der Waals surface area contributed by atoms with Gasteiger partial charge in [-0.05, 0) is 62.2 Å². The molecule has 1 saturated carbocycles. The zero-order chi connectivity index (χ0) is 21.3. The Kier molecular flexibility index (Phi) is 4.94. The third kappa shape index (κ3) is 2.71. The van der Waals surface area contributed by atoms with E-state index in [1.165, 1.54) is 69.5 Å². The monoisotopic (exact) mass is 423 g/mol. The van der Waals surface area contributed by atoms with Crippen molar-refractivity contribution in [2.45, 2.75) is 82.0 Å². The molecule has 170 valence electrons. The zero-order valence-corrected chi connectivity index (χ0v) is 19.7. The third-order valence-electron chi connectivity index (χ3n) is 10.3. The summed E-state index contributed by atoms with van der Waals surface area (Å²) in [6.45, 7) is 9.74. The Hall–Kier alpha value is -1.10. The van der Waals surface area contributed by atoms with E-state index in [-0.39, 0.29) is 11.5 Å². The standard InChI is InChI=1S/C27H41N3O/c1-4-18(2)19-16-22-25-27(20-10-6-7-11-21(20)28(25)3)17-23(24(19)26(27)31)30(22)15-14-29-12-8-5-9-13-29/h6-7,10-11,18-19,22-26,31H,4-5,8-9,12-17H2,1-3H3/t18-,19-,22-,23-,24-,25-,26+,27+/m0/s1. The molecule has 1 spiro atoms. The highest BCUT2D eigenvalue weighted by atomic mass is 16.3. The summed E-state index contributed by atoms with van der Waals surface area (Å²) in [5.74, 6) is 1.78. The first-order valence-electron chi connectivity index (χ1n) is 13.1. The van der Waals surface area contributed by atoms with Gasteiger partial charge in [0.05, 0.1) is 12.1 Å². The maximum Gasteiger partial charge on any atom is 0.0704 e. The fourth-order valence-corrected chi connectivity index (χ4v) is 8.82. The first-order valence-corrected chi connectivity index (χ1v) is 13.1. The lowest BCUT2D eigenvalue weighted by Gasteiger charge is -2.55. The molecule has 4 fully saturated rings. The summed E-state index contributed by atoms with van der Waals surface area (Å²) in [5.41, 5.74) is 2.75. The number of benzene rings is 1. The number of likely N-dealkylation sites (N-methyl/N-ethyl adjacent to an activating group) is 1. The predicted octanol–water partition coefficient (Wildman–Crippen LogP) is 3.73. The number of fused-ring (bicyclic) bond motifs is 3. The van der Waals surface area contributed by atoms with Crippen molar-refractivity contribution in [1.29, 1.82) is 0 Å². The molecule has 6 rings (SSSR count). The molecular weight excluding hydrogens is 382 g/mol. The molecular formula is C27H41N3O. The summed E-state index contributed by atoms with van der Waals surface area (Å²) >= 11 is 0. The van der Waals surface area contributed by atoms with Gasteiger partial charge in [-0.25, -0.2) is 0 Å². The van der Waals surface area contributed by atoms with E-state index in [9.17, 15) is 5.11 Å². The third-order valence-corrected chi connectivity index (χ3v) is 10.3. The molecule has 31 heavy (non-hydrogen) atoms. The number of aliphatic hydroxyl groups is 1. The van der Waals surface area contributed by atoms with Crippen LogP contribution in [0.5, 0.6) is 0 Å². The molecule has 4 nitrogen and oxygen atoms in total. The smallest absolute Gasteiger partial charge is 0.0704 e. The Labute approximate surface area is 188 Å². The quantitative estimate of drug-likeness (QED) is 0.782. The molecule has 5 aliphatic rings. The summed E-state index contributed by atoms with van der Waals surface area (Å²) in [7, 11) is 2.30. The maximum absolute atomic E-state index is 12.1. The van der Waals surface area contributed by atoms with E-state index in [2.05, 4.69) is 59.9 Å². The lowest BCUT2D eigenvalue weighted by atomic mass is 9.67. The SMILES string of the molecule is CC[C@H](C)[C@@H]1C[C@H]2[C@@H]3N(C)c4ccccc4[C@]34C[C@@H]([C@H]1[C@H]4O)N2CCN1CCCCC1. The summed E-state index contributed by atoms with van der Waals surface area (Å²) < 4.78 is 0. The largest absolute Gasteiger partial charge is 0.392 e. The number of anilines is 1. The van der Waals surface area contributed by atoms with Crippen LogP contribution in [0.4, 0.5) is 5.69 Å². The first kappa shape index (κ1) is 20.5. The fourth-order valence-electron chi connectivity index (χ4n) is 8.82. The molecule has 0 radical (unpaired) electrons. The topological polar surface area (TPSA) is 30.0 Å². The van der Waals surface area contributed by atoms with E-state index < -0.39 is 0 Å². The number of likely N-dealkylation sites (tertiary alicyclic amines) is 1. The van der Waals surface area contributed by atoms with Crippen molar-refractivity contribution >= 4 is 5.69 Å². The number of hydrogen-bond acceptors (Lipinski definition) is 4. The molecule has 4 heteroatoms. The van der Waals surface area contributed by atoms with Gasteiger partial charge < -0.3 is 14.9 Å². The summed E-state index contributed by atoms with van der Waals surface area (Å²) in [4.78, 5) is 8.15. The van der Waals surface area contributed by atoms with E-state index in [0.717, 1.165) is 6.42 Å². The molecule has 4 heterocycles. The molecule has 3 bridgehead atoms. The van der Waals surface area contributed by atoms with Crippen LogP contribution in [0.3, 0.4) is 0 Å². The highest BCUT2D eigenvalue weighted by molar-refractivity contribution is 5.67. The molecule has 0 unspecified atom stereocenters. The van der Waals surface area contributed by atoms with Crippen LogP contribution in [-0.2, 0) is 5.41 Å². The zero-order valence-electron chi connectivity index (χ0n) is 19.7. The van der Waals surface area contributed by atoms with E-state index >= 15 is 0 Å². The Bertz CT molecular complexity index is 822. The van der Waals surface area contributed by atoms with Gasteiger partial charge in [-0.15, -0.1) is 0 Å². The van der Waals surface area contributed by atoms with Gasteiger partial charge in [-0.2, -0.15) is 0 Å². The highest BCUT2D eigenvalue weighted by Gasteiger charge is 2.72. The molecule has 1 aromatic rings. The Morgan fingerprint density at radius 2 is 1.87 bits per heavy atom. The minimum Gasteiger partial charge on any atom is -0.392 e. The van der Waals surface area contributed by atoms with Crippen LogP contribution < -0.4 is 4.90 Å². The van der Waals surface area contributed by atoms with E-state index in [1.54, 1.807) is 0 Å². The first-order chi connectivity index (χ1) is 15.1. The molecule has 1 N–H and O–H groups in total. The number of para-hydroxylation sites is 1. The number of nitrogens with zero attached hydrogens (tertiary/aromatic N) is 3. The van der Waals surface area contributed by atoms with Gasteiger partial charge >= 0.3 is 0 Å². The van der Waals surface area contributed by atoms with Crippen LogP contribution in [0, 0.1) is 17.8 Å². The van der Waals surface area contributed by atoms with Crippen LogP contribution >= 0.6 is 0 Å². The number of piperidine rings is 3. The minimum atomic E-state index is -0.211. The maximum atomic E-state index is 12.1. The molecule has 0 aromatic heterocycles. The van der Waals surface area contributed by atoms with Crippen molar-refractivity contribution in [3.63, 3.8) is 0 Å². The summed E-state index contributed by atoms with van der Waals surface area (Å²) in [6.07, 6.45) is 7.57. The fraction of sp³-hybridized carbons (Fsp3) is 0.778. The average Bonchev–Trinajstić information content (AvgIpc) is 3.18. The molecule has 3 saturated heterocycles. The second-order valence-corrected chi connectivity index (χ2v) is 11.4. The predicted molar refractivity (Wildman–Crippen MR) is 127 cm³/mol. The van der Waals surface area contributed by atoms with E-state index in [4.69, 9.17) is 0 Å². The summed E-state index contributed by atoms with van der Waals surface area (Å²) in [5, 5.41) is 12.1. The van der Waals surface area contributed by atoms with Crippen molar-refractivity contribution in [1.82, 2.24) is 9.80 Å². The number of hydrogen-bond donors (Lipinski definition) is 1. The lowest BCUT2D eigenvalue weighted by molar-refractivity contribution is -0.0383. The Morgan fingerprint density at radius 1 is 1.10 bits per heavy atom. The van der Waals surface area contributed by atoms with Crippen LogP contribution in [-0.4, -0.2) is 72.4 Å². The van der Waals surface area contributed by atoms with Crippen molar-refractivity contribution < 1.29 is 5.11 Å². The number of aliphatic hydroxyl groups excluding tert-OH is 1. The van der Waals surface area contributed by atoms with Gasteiger partial charge in [0.15, 0.2) is 0 Å². The van der Waals surface area contributed by atoms with Crippen molar-refractivity contribution in [2.24, 2.45) is 17.8 Å². The van der Waals surface area contributed by atoms with Crippen LogP contribution in [0.1, 0.15) is 57.9 Å². The molecule has 0 amide bonds. The van der Waals surface area contributed by atoms with Crippen molar-refractivity contribution in [3.8, 4) is 0 Å². The normalized spacial score (nSPS) is 42.6. The van der Waals surface area contributed by atoms with Crippen LogP contribution in [0.25, 0.3) is 0 Å². The molecule has 1 aliphatic carbocycles. The van der Waals surface area contributed by atoms with Crippen LogP contribution in [0.15, 0.2) is 24.3 Å².